The molecule has 2 nitrogen and oxygen atoms in total. The molecule has 3 atom stereocenters. The van der Waals surface area contributed by atoms with Gasteiger partial charge in [-0.15, -0.1) is 0 Å². The van der Waals surface area contributed by atoms with Crippen molar-refractivity contribution in [1.29, 1.82) is 5.26 Å². The fraction of sp³-hybridized carbons (Fsp3) is 0.933. The van der Waals surface area contributed by atoms with E-state index in [4.69, 9.17) is 5.26 Å². The highest BCUT2D eigenvalue weighted by atomic mass is 15.0. The van der Waals surface area contributed by atoms with E-state index in [0.717, 1.165) is 6.42 Å². The van der Waals surface area contributed by atoms with Crippen molar-refractivity contribution in [3.8, 4) is 6.07 Å². The number of hydrogen-bond donors (Lipinski definition) is 1. The second-order valence-electron chi connectivity index (χ2n) is 5.54. The molecule has 3 unspecified atom stereocenters. The summed E-state index contributed by atoms with van der Waals surface area (Å²) in [6.45, 7) is 4.53. The van der Waals surface area contributed by atoms with Gasteiger partial charge in [-0.25, -0.2) is 0 Å². The van der Waals surface area contributed by atoms with Crippen molar-refractivity contribution >= 4 is 0 Å². The summed E-state index contributed by atoms with van der Waals surface area (Å²) in [5, 5.41) is 12.7. The molecule has 0 amide bonds. The average Bonchev–Trinajstić information content (AvgIpc) is 2.76. The molecular weight excluding hydrogens is 208 g/mol. The molecule has 0 saturated heterocycles. The summed E-state index contributed by atoms with van der Waals surface area (Å²) in [7, 11) is 0. The van der Waals surface area contributed by atoms with Crippen LogP contribution in [0, 0.1) is 17.2 Å². The highest BCUT2D eigenvalue weighted by Crippen LogP contribution is 2.25. The summed E-state index contributed by atoms with van der Waals surface area (Å²) >= 11 is 0. The number of rotatable bonds is 8. The number of nitriles is 1. The second-order valence-corrected chi connectivity index (χ2v) is 5.54. The molecule has 0 radical (unpaired) electrons. The molecule has 2 heteroatoms. The molecule has 1 fully saturated rings. The maximum atomic E-state index is 9.03. The maximum Gasteiger partial charge on any atom is 0.0672 e. The summed E-state index contributed by atoms with van der Waals surface area (Å²) in [6.07, 6.45) is 11.5. The Morgan fingerprint density at radius 2 is 2.00 bits per heavy atom. The first-order chi connectivity index (χ1) is 8.27. The van der Waals surface area contributed by atoms with E-state index in [1.54, 1.807) is 0 Å². The molecule has 1 aliphatic carbocycles. The summed E-state index contributed by atoms with van der Waals surface area (Å²) in [5.41, 5.74) is 0. The Morgan fingerprint density at radius 1 is 1.24 bits per heavy atom. The molecule has 17 heavy (non-hydrogen) atoms. The molecule has 0 heterocycles. The monoisotopic (exact) mass is 236 g/mol. The van der Waals surface area contributed by atoms with Gasteiger partial charge < -0.3 is 5.32 Å². The van der Waals surface area contributed by atoms with Crippen molar-refractivity contribution < 1.29 is 0 Å². The van der Waals surface area contributed by atoms with Crippen molar-refractivity contribution in [1.82, 2.24) is 5.32 Å². The molecule has 0 spiro atoms. The van der Waals surface area contributed by atoms with Gasteiger partial charge in [0, 0.05) is 12.1 Å². The van der Waals surface area contributed by atoms with E-state index < -0.39 is 0 Å². The first-order valence-corrected chi connectivity index (χ1v) is 7.43. The molecule has 1 N–H and O–H groups in total. The van der Waals surface area contributed by atoms with Crippen LogP contribution in [0.5, 0.6) is 0 Å². The third kappa shape index (κ3) is 5.55. The Morgan fingerprint density at radius 3 is 2.71 bits per heavy atom. The molecule has 0 aliphatic heterocycles. The van der Waals surface area contributed by atoms with Crippen LogP contribution in [0.25, 0.3) is 0 Å². The Balaban J connectivity index is 2.08. The molecule has 0 bridgehead atoms. The van der Waals surface area contributed by atoms with Crippen LogP contribution in [0.1, 0.15) is 71.6 Å². The van der Waals surface area contributed by atoms with Crippen molar-refractivity contribution in [2.45, 2.75) is 83.7 Å². The maximum absolute atomic E-state index is 9.03. The minimum Gasteiger partial charge on any atom is -0.310 e. The van der Waals surface area contributed by atoms with Crippen molar-refractivity contribution in [3.05, 3.63) is 0 Å². The van der Waals surface area contributed by atoms with E-state index in [2.05, 4.69) is 25.2 Å². The topological polar surface area (TPSA) is 35.8 Å². The molecule has 0 aromatic carbocycles. The highest BCUT2D eigenvalue weighted by Gasteiger charge is 2.27. The first-order valence-electron chi connectivity index (χ1n) is 7.43. The van der Waals surface area contributed by atoms with Crippen LogP contribution in [0.2, 0.25) is 0 Å². The fourth-order valence-electron chi connectivity index (χ4n) is 2.82. The normalized spacial score (nSPS) is 25.7. The Hall–Kier alpha value is -0.550. The standard InChI is InChI=1S/C15H28N2/c1-3-4-5-6-7-9-13(2)17-15-11-8-10-14(15)12-16/h13-15,17H,3-11H2,1-2H3. The molecule has 0 aromatic rings. The number of nitrogens with one attached hydrogen (secondary N) is 1. The number of hydrogen-bond acceptors (Lipinski definition) is 2. The minimum absolute atomic E-state index is 0.262. The Bertz CT molecular complexity index is 232. The SMILES string of the molecule is CCCCCCCC(C)NC1CCCC1C#N. The Labute approximate surface area is 107 Å². The number of nitrogens with zero attached hydrogens (tertiary/aromatic N) is 1. The summed E-state index contributed by atoms with van der Waals surface area (Å²) in [6, 6.07) is 3.48. The first kappa shape index (κ1) is 14.5. The minimum atomic E-state index is 0.262. The van der Waals surface area contributed by atoms with Gasteiger partial charge in [0.05, 0.1) is 12.0 Å². The quantitative estimate of drug-likeness (QED) is 0.646. The van der Waals surface area contributed by atoms with E-state index in [1.165, 1.54) is 51.4 Å². The molecule has 98 valence electrons. The van der Waals surface area contributed by atoms with Crippen LogP contribution in [-0.2, 0) is 0 Å². The zero-order valence-corrected chi connectivity index (χ0v) is 11.5. The van der Waals surface area contributed by atoms with Crippen molar-refractivity contribution in [2.75, 3.05) is 0 Å². The predicted octanol–water partition coefficient (Wildman–Crippen LogP) is 4.02. The van der Waals surface area contributed by atoms with Crippen LogP contribution in [0.4, 0.5) is 0 Å². The van der Waals surface area contributed by atoms with Crippen molar-refractivity contribution in [3.63, 3.8) is 0 Å². The largest absolute Gasteiger partial charge is 0.310 e. The van der Waals surface area contributed by atoms with Gasteiger partial charge >= 0.3 is 0 Å². The fourth-order valence-corrected chi connectivity index (χ4v) is 2.82. The van der Waals surface area contributed by atoms with Gasteiger partial charge in [-0.2, -0.15) is 5.26 Å². The average molecular weight is 236 g/mol. The zero-order valence-electron chi connectivity index (χ0n) is 11.5. The lowest BCUT2D eigenvalue weighted by atomic mass is 10.0. The van der Waals surface area contributed by atoms with Crippen LogP contribution in [-0.4, -0.2) is 12.1 Å². The van der Waals surface area contributed by atoms with E-state index >= 15 is 0 Å². The number of unbranched alkanes of at least 4 members (excludes halogenated alkanes) is 4. The molecule has 1 saturated carbocycles. The van der Waals surface area contributed by atoms with Crippen LogP contribution in [0.15, 0.2) is 0 Å². The van der Waals surface area contributed by atoms with Crippen molar-refractivity contribution in [2.24, 2.45) is 5.92 Å². The third-order valence-electron chi connectivity index (χ3n) is 3.92. The molecule has 1 aliphatic rings. The van der Waals surface area contributed by atoms with Crippen LogP contribution < -0.4 is 5.32 Å². The van der Waals surface area contributed by atoms with Gasteiger partial charge in [0.2, 0.25) is 0 Å². The molecule has 1 rings (SSSR count). The third-order valence-corrected chi connectivity index (χ3v) is 3.92. The molecular formula is C15H28N2. The van der Waals surface area contributed by atoms with E-state index in [-0.39, 0.29) is 5.92 Å². The lowest BCUT2D eigenvalue weighted by Crippen LogP contribution is -2.38. The van der Waals surface area contributed by atoms with Crippen LogP contribution in [0.3, 0.4) is 0 Å². The van der Waals surface area contributed by atoms with Gasteiger partial charge in [0.25, 0.3) is 0 Å². The molecule has 0 aromatic heterocycles. The smallest absolute Gasteiger partial charge is 0.0672 e. The van der Waals surface area contributed by atoms with Gasteiger partial charge in [0.15, 0.2) is 0 Å². The lowest BCUT2D eigenvalue weighted by molar-refractivity contribution is 0.386. The Kier molecular flexibility index (Phi) is 7.28. The van der Waals surface area contributed by atoms with E-state index in [1.807, 2.05) is 0 Å². The van der Waals surface area contributed by atoms with E-state index in [0.29, 0.717) is 12.1 Å². The van der Waals surface area contributed by atoms with E-state index in [9.17, 15) is 0 Å². The summed E-state index contributed by atoms with van der Waals surface area (Å²) in [5.74, 6) is 0.262. The highest BCUT2D eigenvalue weighted by molar-refractivity contribution is 4.97. The van der Waals surface area contributed by atoms with Gasteiger partial charge in [-0.05, 0) is 26.2 Å². The van der Waals surface area contributed by atoms with Gasteiger partial charge in [-0.3, -0.25) is 0 Å². The predicted molar refractivity (Wildman–Crippen MR) is 72.7 cm³/mol. The second kappa shape index (κ2) is 8.53. The zero-order chi connectivity index (χ0) is 12.5. The summed E-state index contributed by atoms with van der Waals surface area (Å²) in [4.78, 5) is 0. The van der Waals surface area contributed by atoms with Gasteiger partial charge in [-0.1, -0.05) is 45.4 Å². The van der Waals surface area contributed by atoms with Crippen LogP contribution >= 0.6 is 0 Å². The summed E-state index contributed by atoms with van der Waals surface area (Å²) < 4.78 is 0. The lowest BCUT2D eigenvalue weighted by Gasteiger charge is -2.21. The van der Waals surface area contributed by atoms with Gasteiger partial charge in [0.1, 0.15) is 0 Å².